The fraction of sp³-hybridized carbons (Fsp3) is 0.545. The minimum Gasteiger partial charge on any atom is -0.381 e. The van der Waals surface area contributed by atoms with Crippen molar-refractivity contribution in [3.05, 3.63) is 54.1 Å². The standard InChI is InChI=1S/C22H34O/c1-3-5-6-7-8-9-11-17-22(20-23-4-2)19-14-18-21-15-12-10-13-16-21/h8-10,12-16,18,22H,3-7,11,17,19-20H2,1-2H3/b9-8+,18-14+. The van der Waals surface area contributed by atoms with Crippen LogP contribution in [0.25, 0.3) is 6.08 Å². The number of ether oxygens (including phenoxy) is 1. The summed E-state index contributed by atoms with van der Waals surface area (Å²) in [4.78, 5) is 0. The van der Waals surface area contributed by atoms with Gasteiger partial charge in [-0.3, -0.25) is 0 Å². The van der Waals surface area contributed by atoms with Gasteiger partial charge >= 0.3 is 0 Å². The van der Waals surface area contributed by atoms with Gasteiger partial charge in [0.25, 0.3) is 0 Å². The first kappa shape index (κ1) is 19.7. The van der Waals surface area contributed by atoms with Crippen LogP contribution < -0.4 is 0 Å². The average molecular weight is 315 g/mol. The maximum absolute atomic E-state index is 5.65. The summed E-state index contributed by atoms with van der Waals surface area (Å²) in [6.45, 7) is 6.01. The van der Waals surface area contributed by atoms with Crippen LogP contribution in [-0.2, 0) is 4.74 Å². The molecule has 1 unspecified atom stereocenters. The second-order valence-corrected chi connectivity index (χ2v) is 6.12. The Morgan fingerprint density at radius 1 is 0.957 bits per heavy atom. The van der Waals surface area contributed by atoms with E-state index in [4.69, 9.17) is 4.74 Å². The molecule has 1 nitrogen and oxygen atoms in total. The van der Waals surface area contributed by atoms with Crippen LogP contribution in [-0.4, -0.2) is 13.2 Å². The summed E-state index contributed by atoms with van der Waals surface area (Å²) in [5.74, 6) is 0.621. The van der Waals surface area contributed by atoms with E-state index in [9.17, 15) is 0 Å². The Kier molecular flexibility index (Phi) is 12.2. The van der Waals surface area contributed by atoms with Gasteiger partial charge in [0, 0.05) is 13.2 Å². The fourth-order valence-corrected chi connectivity index (χ4v) is 2.59. The van der Waals surface area contributed by atoms with E-state index in [1.807, 2.05) is 0 Å². The Hall–Kier alpha value is -1.34. The number of hydrogen-bond donors (Lipinski definition) is 0. The fourth-order valence-electron chi connectivity index (χ4n) is 2.59. The average Bonchev–Trinajstić information content (AvgIpc) is 2.59. The quantitative estimate of drug-likeness (QED) is 0.292. The molecular weight excluding hydrogens is 280 g/mol. The minimum absolute atomic E-state index is 0.621. The molecule has 0 spiro atoms. The Morgan fingerprint density at radius 3 is 2.48 bits per heavy atom. The van der Waals surface area contributed by atoms with E-state index in [0.29, 0.717) is 5.92 Å². The summed E-state index contributed by atoms with van der Waals surface area (Å²) < 4.78 is 5.65. The van der Waals surface area contributed by atoms with Crippen LogP contribution >= 0.6 is 0 Å². The lowest BCUT2D eigenvalue weighted by molar-refractivity contribution is 0.108. The van der Waals surface area contributed by atoms with Crippen LogP contribution in [0.5, 0.6) is 0 Å². The van der Waals surface area contributed by atoms with E-state index in [1.165, 1.54) is 44.1 Å². The number of benzene rings is 1. The molecule has 1 aromatic carbocycles. The van der Waals surface area contributed by atoms with Crippen LogP contribution in [0, 0.1) is 5.92 Å². The molecule has 1 atom stereocenters. The van der Waals surface area contributed by atoms with Crippen LogP contribution in [0.1, 0.15) is 64.4 Å². The van der Waals surface area contributed by atoms with E-state index in [0.717, 1.165) is 19.6 Å². The van der Waals surface area contributed by atoms with Crippen molar-refractivity contribution in [1.82, 2.24) is 0 Å². The Bertz CT molecular complexity index is 419. The van der Waals surface area contributed by atoms with Gasteiger partial charge in [0.2, 0.25) is 0 Å². The van der Waals surface area contributed by atoms with Crippen molar-refractivity contribution in [1.29, 1.82) is 0 Å². The third kappa shape index (κ3) is 10.9. The molecule has 0 N–H and O–H groups in total. The van der Waals surface area contributed by atoms with E-state index in [-0.39, 0.29) is 0 Å². The molecule has 1 aromatic rings. The Balaban J connectivity index is 2.29. The van der Waals surface area contributed by atoms with E-state index >= 15 is 0 Å². The normalized spacial score (nSPS) is 13.1. The van der Waals surface area contributed by atoms with Gasteiger partial charge in [0.05, 0.1) is 0 Å². The molecule has 0 aromatic heterocycles. The summed E-state index contributed by atoms with van der Waals surface area (Å²) in [6, 6.07) is 10.5. The predicted octanol–water partition coefficient (Wildman–Crippen LogP) is 6.66. The Labute approximate surface area is 143 Å². The first-order chi connectivity index (χ1) is 11.4. The number of hydrogen-bond acceptors (Lipinski definition) is 1. The predicted molar refractivity (Wildman–Crippen MR) is 103 cm³/mol. The minimum atomic E-state index is 0.621. The van der Waals surface area contributed by atoms with Crippen molar-refractivity contribution in [2.75, 3.05) is 13.2 Å². The van der Waals surface area contributed by atoms with Crippen molar-refractivity contribution in [2.45, 2.75) is 58.8 Å². The van der Waals surface area contributed by atoms with E-state index in [2.05, 4.69) is 68.5 Å². The molecule has 0 aliphatic heterocycles. The monoisotopic (exact) mass is 314 g/mol. The van der Waals surface area contributed by atoms with Crippen molar-refractivity contribution >= 4 is 6.08 Å². The lowest BCUT2D eigenvalue weighted by Crippen LogP contribution is -2.08. The largest absolute Gasteiger partial charge is 0.381 e. The summed E-state index contributed by atoms with van der Waals surface area (Å²) in [6.07, 6.45) is 17.9. The smallest absolute Gasteiger partial charge is 0.0497 e. The molecule has 0 aliphatic rings. The summed E-state index contributed by atoms with van der Waals surface area (Å²) >= 11 is 0. The van der Waals surface area contributed by atoms with Gasteiger partial charge in [0.15, 0.2) is 0 Å². The molecule has 128 valence electrons. The molecule has 0 aliphatic carbocycles. The third-order valence-corrected chi connectivity index (χ3v) is 4.02. The zero-order chi connectivity index (χ0) is 16.6. The third-order valence-electron chi connectivity index (χ3n) is 4.02. The molecule has 0 fully saturated rings. The van der Waals surface area contributed by atoms with Crippen LogP contribution in [0.4, 0.5) is 0 Å². The first-order valence-corrected chi connectivity index (χ1v) is 9.31. The molecule has 1 heteroatoms. The molecule has 0 saturated heterocycles. The molecule has 0 saturated carbocycles. The highest BCUT2D eigenvalue weighted by Crippen LogP contribution is 2.15. The highest BCUT2D eigenvalue weighted by molar-refractivity contribution is 5.48. The Morgan fingerprint density at radius 2 is 1.74 bits per heavy atom. The maximum Gasteiger partial charge on any atom is 0.0497 e. The van der Waals surface area contributed by atoms with Crippen LogP contribution in [0.15, 0.2) is 48.6 Å². The van der Waals surface area contributed by atoms with Crippen molar-refractivity contribution in [2.24, 2.45) is 5.92 Å². The van der Waals surface area contributed by atoms with Crippen LogP contribution in [0.2, 0.25) is 0 Å². The highest BCUT2D eigenvalue weighted by atomic mass is 16.5. The molecular formula is C22H34O. The van der Waals surface area contributed by atoms with Crippen LogP contribution in [0.3, 0.4) is 0 Å². The lowest BCUT2D eigenvalue weighted by atomic mass is 9.99. The van der Waals surface area contributed by atoms with Gasteiger partial charge in [-0.15, -0.1) is 0 Å². The lowest BCUT2D eigenvalue weighted by Gasteiger charge is -2.13. The molecule has 0 amide bonds. The summed E-state index contributed by atoms with van der Waals surface area (Å²) in [5, 5.41) is 0. The van der Waals surface area contributed by atoms with Gasteiger partial charge in [-0.1, -0.05) is 74.4 Å². The molecule has 1 rings (SSSR count). The molecule has 0 bridgehead atoms. The van der Waals surface area contributed by atoms with Gasteiger partial charge < -0.3 is 4.74 Å². The van der Waals surface area contributed by atoms with Gasteiger partial charge in [-0.2, -0.15) is 0 Å². The second-order valence-electron chi connectivity index (χ2n) is 6.12. The van der Waals surface area contributed by atoms with Gasteiger partial charge in [-0.05, 0) is 50.5 Å². The number of allylic oxidation sites excluding steroid dienone is 3. The van der Waals surface area contributed by atoms with Crippen molar-refractivity contribution < 1.29 is 4.74 Å². The van der Waals surface area contributed by atoms with Gasteiger partial charge in [-0.25, -0.2) is 0 Å². The SMILES string of the molecule is CCCCC/C=C/CCC(C/C=C/c1ccccc1)COCC. The zero-order valence-electron chi connectivity index (χ0n) is 15.0. The first-order valence-electron chi connectivity index (χ1n) is 9.31. The van der Waals surface area contributed by atoms with Crippen molar-refractivity contribution in [3.63, 3.8) is 0 Å². The number of unbranched alkanes of at least 4 members (excludes halogenated alkanes) is 3. The summed E-state index contributed by atoms with van der Waals surface area (Å²) in [5.41, 5.74) is 1.28. The second kappa shape index (κ2) is 14.3. The summed E-state index contributed by atoms with van der Waals surface area (Å²) in [7, 11) is 0. The van der Waals surface area contributed by atoms with Gasteiger partial charge in [0.1, 0.15) is 0 Å². The number of rotatable bonds is 13. The van der Waals surface area contributed by atoms with E-state index in [1.54, 1.807) is 0 Å². The van der Waals surface area contributed by atoms with Crippen molar-refractivity contribution in [3.8, 4) is 0 Å². The highest BCUT2D eigenvalue weighted by Gasteiger charge is 2.05. The molecule has 0 heterocycles. The van der Waals surface area contributed by atoms with E-state index < -0.39 is 0 Å². The molecule has 23 heavy (non-hydrogen) atoms. The molecule has 0 radical (unpaired) electrons. The zero-order valence-corrected chi connectivity index (χ0v) is 15.0. The topological polar surface area (TPSA) is 9.23 Å². The maximum atomic E-state index is 5.65.